The van der Waals surface area contributed by atoms with Crippen molar-refractivity contribution in [2.45, 2.75) is 44.6 Å². The van der Waals surface area contributed by atoms with Crippen molar-refractivity contribution in [1.82, 2.24) is 15.0 Å². The highest BCUT2D eigenvalue weighted by Gasteiger charge is 2.25. The molecule has 2 aromatic heterocycles. The van der Waals surface area contributed by atoms with Crippen LogP contribution in [0.15, 0.2) is 27.5 Å². The highest BCUT2D eigenvalue weighted by molar-refractivity contribution is 5.76. The number of aliphatic hydroxyl groups is 1. The summed E-state index contributed by atoms with van der Waals surface area (Å²) >= 11 is 0. The van der Waals surface area contributed by atoms with Crippen LogP contribution in [0, 0.1) is 5.92 Å². The Labute approximate surface area is 140 Å². The molecule has 2 heterocycles. The Hall–Kier alpha value is -2.15. The van der Waals surface area contributed by atoms with Gasteiger partial charge in [0.15, 0.2) is 0 Å². The molecule has 2 unspecified atom stereocenters. The lowest BCUT2D eigenvalue weighted by Crippen LogP contribution is -2.38. The lowest BCUT2D eigenvalue weighted by Gasteiger charge is -2.31. The summed E-state index contributed by atoms with van der Waals surface area (Å²) in [5.74, 6) is 1.11. The number of hydrogen-bond acceptors (Lipinski definition) is 6. The fraction of sp³-hybridized carbons (Fsp3) is 0.588. The van der Waals surface area contributed by atoms with Crippen molar-refractivity contribution in [2.24, 2.45) is 5.92 Å². The van der Waals surface area contributed by atoms with Crippen molar-refractivity contribution < 1.29 is 18.8 Å². The average Bonchev–Trinajstić information content (AvgIpc) is 3.25. The van der Waals surface area contributed by atoms with Gasteiger partial charge in [-0.3, -0.25) is 4.79 Å². The van der Waals surface area contributed by atoms with Gasteiger partial charge in [0.25, 0.3) is 0 Å². The largest absolute Gasteiger partial charge is 0.472 e. The van der Waals surface area contributed by atoms with Gasteiger partial charge in [-0.25, -0.2) is 0 Å². The molecule has 7 nitrogen and oxygen atoms in total. The van der Waals surface area contributed by atoms with Crippen molar-refractivity contribution in [3.05, 3.63) is 24.5 Å². The first-order valence-electron chi connectivity index (χ1n) is 8.40. The monoisotopic (exact) mass is 333 g/mol. The van der Waals surface area contributed by atoms with Crippen LogP contribution in [0.3, 0.4) is 0 Å². The smallest absolute Gasteiger partial charge is 0.227 e. The first kappa shape index (κ1) is 16.7. The van der Waals surface area contributed by atoms with E-state index in [4.69, 9.17) is 8.94 Å². The standard InChI is InChI=1S/C17H23N3O4/c1-20(10-12-4-2-3-5-14(12)21)16(22)7-6-15-18-17(19-24-15)13-8-9-23-11-13/h8-9,11-12,14,21H,2-7,10H2,1H3. The molecule has 0 aromatic carbocycles. The topological polar surface area (TPSA) is 92.6 Å². The maximum atomic E-state index is 12.3. The summed E-state index contributed by atoms with van der Waals surface area (Å²) in [5, 5.41) is 13.9. The van der Waals surface area contributed by atoms with Crippen LogP contribution >= 0.6 is 0 Å². The molecule has 1 aliphatic carbocycles. The van der Waals surface area contributed by atoms with E-state index in [-0.39, 0.29) is 17.9 Å². The molecule has 0 radical (unpaired) electrons. The van der Waals surface area contributed by atoms with E-state index in [9.17, 15) is 9.90 Å². The SMILES string of the molecule is CN(CC1CCCCC1O)C(=O)CCc1nc(-c2ccoc2)no1. The number of aryl methyl sites for hydroxylation is 1. The molecule has 7 heteroatoms. The van der Waals surface area contributed by atoms with Crippen molar-refractivity contribution in [3.63, 3.8) is 0 Å². The molecule has 0 aliphatic heterocycles. The van der Waals surface area contributed by atoms with Crippen molar-refractivity contribution >= 4 is 5.91 Å². The second-order valence-corrected chi connectivity index (χ2v) is 6.41. The Morgan fingerprint density at radius 3 is 3.00 bits per heavy atom. The Kier molecular flexibility index (Phi) is 5.30. The van der Waals surface area contributed by atoms with E-state index in [1.165, 1.54) is 0 Å². The molecule has 1 fully saturated rings. The van der Waals surface area contributed by atoms with Gasteiger partial charge in [-0.05, 0) is 18.9 Å². The minimum Gasteiger partial charge on any atom is -0.472 e. The number of aliphatic hydroxyl groups excluding tert-OH is 1. The maximum Gasteiger partial charge on any atom is 0.227 e. The predicted molar refractivity (Wildman–Crippen MR) is 85.9 cm³/mol. The van der Waals surface area contributed by atoms with Gasteiger partial charge in [-0.15, -0.1) is 0 Å². The molecule has 130 valence electrons. The quantitative estimate of drug-likeness (QED) is 0.872. The lowest BCUT2D eigenvalue weighted by molar-refractivity contribution is -0.131. The molecular weight excluding hydrogens is 310 g/mol. The van der Waals surface area contributed by atoms with Crippen molar-refractivity contribution in [3.8, 4) is 11.4 Å². The molecule has 2 aromatic rings. The van der Waals surface area contributed by atoms with E-state index >= 15 is 0 Å². The van der Waals surface area contributed by atoms with E-state index < -0.39 is 0 Å². The Balaban J connectivity index is 1.48. The number of aromatic nitrogens is 2. The van der Waals surface area contributed by atoms with Crippen LogP contribution in [0.4, 0.5) is 0 Å². The van der Waals surface area contributed by atoms with Gasteiger partial charge in [0.2, 0.25) is 17.6 Å². The molecule has 1 amide bonds. The van der Waals surface area contributed by atoms with Crippen LogP contribution < -0.4 is 0 Å². The fourth-order valence-electron chi connectivity index (χ4n) is 3.12. The van der Waals surface area contributed by atoms with E-state index in [1.54, 1.807) is 30.5 Å². The number of hydrogen-bond donors (Lipinski definition) is 1. The number of furan rings is 1. The third-order valence-electron chi connectivity index (χ3n) is 4.60. The van der Waals surface area contributed by atoms with Gasteiger partial charge >= 0.3 is 0 Å². The molecular formula is C17H23N3O4. The number of amides is 1. The van der Waals surface area contributed by atoms with Crippen LogP contribution in [-0.2, 0) is 11.2 Å². The molecule has 2 atom stereocenters. The number of carbonyl (C=O) groups excluding carboxylic acids is 1. The minimum absolute atomic E-state index is 0.0239. The Morgan fingerprint density at radius 1 is 1.42 bits per heavy atom. The van der Waals surface area contributed by atoms with Crippen molar-refractivity contribution in [1.29, 1.82) is 0 Å². The van der Waals surface area contributed by atoms with Crippen LogP contribution in [0.1, 0.15) is 38.0 Å². The summed E-state index contributed by atoms with van der Waals surface area (Å²) in [5.41, 5.74) is 0.750. The van der Waals surface area contributed by atoms with E-state index in [1.807, 2.05) is 0 Å². The van der Waals surface area contributed by atoms with Gasteiger partial charge in [0.1, 0.15) is 6.26 Å². The Morgan fingerprint density at radius 2 is 2.25 bits per heavy atom. The first-order valence-corrected chi connectivity index (χ1v) is 8.40. The van der Waals surface area contributed by atoms with E-state index in [0.717, 1.165) is 31.2 Å². The zero-order chi connectivity index (χ0) is 16.9. The molecule has 0 saturated heterocycles. The molecule has 1 saturated carbocycles. The Bertz CT molecular complexity index is 653. The number of nitrogens with zero attached hydrogens (tertiary/aromatic N) is 3. The van der Waals surface area contributed by atoms with Crippen LogP contribution in [0.2, 0.25) is 0 Å². The minimum atomic E-state index is -0.289. The van der Waals surface area contributed by atoms with E-state index in [0.29, 0.717) is 31.1 Å². The summed E-state index contributed by atoms with van der Waals surface area (Å²) in [6.07, 6.45) is 7.54. The zero-order valence-corrected chi connectivity index (χ0v) is 13.9. The number of carbonyl (C=O) groups is 1. The van der Waals surface area contributed by atoms with Crippen molar-refractivity contribution in [2.75, 3.05) is 13.6 Å². The predicted octanol–water partition coefficient (Wildman–Crippen LogP) is 2.27. The van der Waals surface area contributed by atoms with Gasteiger partial charge < -0.3 is 18.9 Å². The van der Waals surface area contributed by atoms with Gasteiger partial charge in [-0.2, -0.15) is 4.98 Å². The molecule has 0 bridgehead atoms. The molecule has 3 rings (SSSR count). The maximum absolute atomic E-state index is 12.3. The summed E-state index contributed by atoms with van der Waals surface area (Å²) in [6, 6.07) is 1.75. The molecule has 1 N–H and O–H groups in total. The second-order valence-electron chi connectivity index (χ2n) is 6.41. The molecule has 0 spiro atoms. The summed E-state index contributed by atoms with van der Waals surface area (Å²) < 4.78 is 10.2. The number of rotatable bonds is 6. The average molecular weight is 333 g/mol. The zero-order valence-electron chi connectivity index (χ0n) is 13.9. The van der Waals surface area contributed by atoms with Gasteiger partial charge in [-0.1, -0.05) is 18.0 Å². The van der Waals surface area contributed by atoms with Crippen LogP contribution in [-0.4, -0.2) is 45.8 Å². The molecule has 1 aliphatic rings. The summed E-state index contributed by atoms with van der Waals surface area (Å²) in [6.45, 7) is 0.601. The second kappa shape index (κ2) is 7.61. The van der Waals surface area contributed by atoms with E-state index in [2.05, 4.69) is 10.1 Å². The van der Waals surface area contributed by atoms with Gasteiger partial charge in [0, 0.05) is 32.4 Å². The lowest BCUT2D eigenvalue weighted by atomic mass is 9.86. The van der Waals surface area contributed by atoms with Crippen LogP contribution in [0.25, 0.3) is 11.4 Å². The fourth-order valence-corrected chi connectivity index (χ4v) is 3.12. The third-order valence-corrected chi connectivity index (χ3v) is 4.60. The van der Waals surface area contributed by atoms with Crippen LogP contribution in [0.5, 0.6) is 0 Å². The summed E-state index contributed by atoms with van der Waals surface area (Å²) in [7, 11) is 1.79. The first-order chi connectivity index (χ1) is 11.6. The highest BCUT2D eigenvalue weighted by Crippen LogP contribution is 2.25. The summed E-state index contributed by atoms with van der Waals surface area (Å²) in [4.78, 5) is 18.2. The highest BCUT2D eigenvalue weighted by atomic mass is 16.5. The normalized spacial score (nSPS) is 20.9. The molecule has 24 heavy (non-hydrogen) atoms. The van der Waals surface area contributed by atoms with Gasteiger partial charge in [0.05, 0.1) is 17.9 Å². The third kappa shape index (κ3) is 4.03.